The molecule has 1 spiro atoms. The Kier molecular flexibility index (Phi) is 2.98. The van der Waals surface area contributed by atoms with Crippen molar-refractivity contribution in [2.45, 2.75) is 24.4 Å². The summed E-state index contributed by atoms with van der Waals surface area (Å²) in [6.07, 6.45) is 3.76. The molecule has 0 aromatic heterocycles. The molecule has 4 rings (SSSR count). The normalized spacial score (nSPS) is 23.4. The van der Waals surface area contributed by atoms with Crippen LogP contribution in [0.15, 0.2) is 60.7 Å². The summed E-state index contributed by atoms with van der Waals surface area (Å²) in [5.74, 6) is 0. The molecule has 1 aliphatic carbocycles. The molecule has 2 heteroatoms. The fourth-order valence-corrected chi connectivity index (χ4v) is 6.50. The van der Waals surface area contributed by atoms with E-state index < -0.39 is 7.27 Å². The summed E-state index contributed by atoms with van der Waals surface area (Å²) in [6, 6.07) is 21.5. The lowest BCUT2D eigenvalue weighted by Crippen LogP contribution is -1.96. The minimum absolute atomic E-state index is 0.410. The van der Waals surface area contributed by atoms with Crippen molar-refractivity contribution in [2.24, 2.45) is 0 Å². The van der Waals surface area contributed by atoms with Crippen molar-refractivity contribution in [1.82, 2.24) is 0 Å². The molecule has 1 aliphatic heterocycles. The number of hydrogen-bond donors (Lipinski definition) is 0. The van der Waals surface area contributed by atoms with Crippen LogP contribution in [0.25, 0.3) is 10.9 Å². The lowest BCUT2D eigenvalue weighted by molar-refractivity contribution is 0.946. The SMILES string of the molecule is ClP1C(c2ccccc2)=C(c2ccccc2)CC12CC2. The van der Waals surface area contributed by atoms with Crippen molar-refractivity contribution in [2.75, 3.05) is 0 Å². The predicted octanol–water partition coefficient (Wildman–Crippen LogP) is 6.13. The van der Waals surface area contributed by atoms with Gasteiger partial charge in [-0.1, -0.05) is 71.9 Å². The summed E-state index contributed by atoms with van der Waals surface area (Å²) < 4.78 is 0. The molecule has 100 valence electrons. The van der Waals surface area contributed by atoms with Crippen LogP contribution in [0.3, 0.4) is 0 Å². The second kappa shape index (κ2) is 4.72. The Hall–Kier alpha value is -1.10. The Bertz CT molecular complexity index is 656. The van der Waals surface area contributed by atoms with Gasteiger partial charge in [0.25, 0.3) is 0 Å². The van der Waals surface area contributed by atoms with Crippen LogP contribution in [-0.2, 0) is 0 Å². The maximum Gasteiger partial charge on any atom is 0.0288 e. The largest absolute Gasteiger partial charge is 0.0905 e. The first kappa shape index (κ1) is 12.6. The summed E-state index contributed by atoms with van der Waals surface area (Å²) >= 11 is 6.92. The van der Waals surface area contributed by atoms with E-state index in [0.29, 0.717) is 5.16 Å². The van der Waals surface area contributed by atoms with Gasteiger partial charge in [0.2, 0.25) is 0 Å². The number of allylic oxidation sites excluding steroid dienone is 1. The number of benzene rings is 2. The second-order valence-corrected chi connectivity index (χ2v) is 8.71. The molecule has 2 aromatic carbocycles. The number of hydrogen-bond acceptors (Lipinski definition) is 0. The first-order chi connectivity index (χ1) is 9.80. The van der Waals surface area contributed by atoms with Crippen LogP contribution < -0.4 is 0 Å². The molecule has 1 heterocycles. The smallest absolute Gasteiger partial charge is 0.0288 e. The summed E-state index contributed by atoms with van der Waals surface area (Å²) in [6.45, 7) is 0. The summed E-state index contributed by atoms with van der Waals surface area (Å²) in [5.41, 5.74) is 4.15. The van der Waals surface area contributed by atoms with Crippen molar-refractivity contribution >= 4 is 29.4 Å². The maximum absolute atomic E-state index is 6.92. The molecule has 0 saturated heterocycles. The second-order valence-electron chi connectivity index (χ2n) is 5.74. The van der Waals surface area contributed by atoms with Crippen LogP contribution >= 0.6 is 18.5 Å². The summed E-state index contributed by atoms with van der Waals surface area (Å²) in [5, 5.41) is 1.83. The van der Waals surface area contributed by atoms with Crippen LogP contribution in [0, 0.1) is 0 Å². The Balaban J connectivity index is 1.88. The van der Waals surface area contributed by atoms with Gasteiger partial charge in [0.1, 0.15) is 0 Å². The van der Waals surface area contributed by atoms with Crippen molar-refractivity contribution in [3.8, 4) is 0 Å². The van der Waals surface area contributed by atoms with Gasteiger partial charge in [-0.2, -0.15) is 0 Å². The molecule has 0 nitrogen and oxygen atoms in total. The molecule has 1 unspecified atom stereocenters. The minimum atomic E-state index is -0.548. The lowest BCUT2D eigenvalue weighted by atomic mass is 9.98. The van der Waals surface area contributed by atoms with Crippen molar-refractivity contribution < 1.29 is 0 Å². The Morgan fingerprint density at radius 3 is 1.90 bits per heavy atom. The molecule has 0 amide bonds. The first-order valence-corrected chi connectivity index (χ1v) is 9.35. The predicted molar refractivity (Wildman–Crippen MR) is 89.1 cm³/mol. The molecule has 2 aliphatic rings. The molecular weight excluding hydrogens is 283 g/mol. The molecule has 1 atom stereocenters. The van der Waals surface area contributed by atoms with E-state index in [2.05, 4.69) is 60.7 Å². The summed E-state index contributed by atoms with van der Waals surface area (Å²) in [7, 11) is -0.548. The van der Waals surface area contributed by atoms with Gasteiger partial charge in [0.05, 0.1) is 0 Å². The van der Waals surface area contributed by atoms with Crippen LogP contribution in [0.4, 0.5) is 0 Å². The molecule has 0 N–H and O–H groups in total. The fraction of sp³-hybridized carbons (Fsp3) is 0.222. The molecule has 1 saturated carbocycles. The van der Waals surface area contributed by atoms with Crippen molar-refractivity contribution in [3.05, 3.63) is 71.8 Å². The van der Waals surface area contributed by atoms with Crippen LogP contribution in [0.1, 0.15) is 30.4 Å². The fourth-order valence-electron chi connectivity index (χ4n) is 3.12. The quantitative estimate of drug-likeness (QED) is 0.585. The third kappa shape index (κ3) is 1.94. The highest BCUT2D eigenvalue weighted by molar-refractivity contribution is 7.94. The van der Waals surface area contributed by atoms with Gasteiger partial charge >= 0.3 is 0 Å². The van der Waals surface area contributed by atoms with E-state index in [1.54, 1.807) is 0 Å². The third-order valence-corrected chi connectivity index (χ3v) is 8.34. The molecule has 2 aromatic rings. The van der Waals surface area contributed by atoms with Gasteiger partial charge < -0.3 is 0 Å². The molecule has 20 heavy (non-hydrogen) atoms. The van der Waals surface area contributed by atoms with E-state index in [-0.39, 0.29) is 0 Å². The monoisotopic (exact) mass is 298 g/mol. The average Bonchev–Trinajstić information content (AvgIpc) is 3.23. The first-order valence-electron chi connectivity index (χ1n) is 7.10. The van der Waals surface area contributed by atoms with Gasteiger partial charge in [-0.05, 0) is 36.0 Å². The molecular formula is C18H16ClP. The number of rotatable bonds is 2. The Morgan fingerprint density at radius 2 is 1.35 bits per heavy atom. The highest BCUT2D eigenvalue weighted by atomic mass is 35.7. The van der Waals surface area contributed by atoms with Crippen LogP contribution in [-0.4, -0.2) is 5.16 Å². The third-order valence-electron chi connectivity index (χ3n) is 4.40. The molecule has 1 fully saturated rings. The van der Waals surface area contributed by atoms with Gasteiger partial charge in [-0.15, -0.1) is 0 Å². The van der Waals surface area contributed by atoms with E-state index in [0.717, 1.165) is 6.42 Å². The topological polar surface area (TPSA) is 0 Å². The minimum Gasteiger partial charge on any atom is -0.0905 e. The Labute approximate surface area is 126 Å². The van der Waals surface area contributed by atoms with E-state index >= 15 is 0 Å². The zero-order valence-corrected chi connectivity index (χ0v) is 12.9. The van der Waals surface area contributed by atoms with Crippen molar-refractivity contribution in [3.63, 3.8) is 0 Å². The lowest BCUT2D eigenvalue weighted by Gasteiger charge is -2.15. The van der Waals surface area contributed by atoms with E-state index in [4.69, 9.17) is 11.2 Å². The maximum atomic E-state index is 6.92. The zero-order chi connectivity index (χ0) is 13.6. The van der Waals surface area contributed by atoms with Gasteiger partial charge in [-0.3, -0.25) is 0 Å². The average molecular weight is 299 g/mol. The highest BCUT2D eigenvalue weighted by Crippen LogP contribution is 2.81. The van der Waals surface area contributed by atoms with Crippen molar-refractivity contribution in [1.29, 1.82) is 0 Å². The number of halogens is 1. The van der Waals surface area contributed by atoms with E-state index in [9.17, 15) is 0 Å². The van der Waals surface area contributed by atoms with Gasteiger partial charge in [-0.25, -0.2) is 0 Å². The molecule has 0 bridgehead atoms. The van der Waals surface area contributed by atoms with E-state index in [1.165, 1.54) is 34.9 Å². The Morgan fingerprint density at radius 1 is 0.800 bits per heavy atom. The van der Waals surface area contributed by atoms with Crippen LogP contribution in [0.5, 0.6) is 0 Å². The van der Waals surface area contributed by atoms with Gasteiger partial charge in [0, 0.05) is 17.7 Å². The van der Waals surface area contributed by atoms with Gasteiger partial charge in [0.15, 0.2) is 0 Å². The highest BCUT2D eigenvalue weighted by Gasteiger charge is 2.55. The van der Waals surface area contributed by atoms with E-state index in [1.807, 2.05) is 0 Å². The molecule has 0 radical (unpaired) electrons. The zero-order valence-electron chi connectivity index (χ0n) is 11.2. The standard InChI is InChI=1S/C18H16ClP/c19-20-17(15-9-5-2-6-10-15)16(13-18(20)11-12-18)14-7-3-1-4-8-14/h1-10H,11-13H2. The van der Waals surface area contributed by atoms with Crippen LogP contribution in [0.2, 0.25) is 0 Å². The summed E-state index contributed by atoms with van der Waals surface area (Å²) in [4.78, 5) is 0.